The van der Waals surface area contributed by atoms with E-state index in [-0.39, 0.29) is 5.91 Å². The summed E-state index contributed by atoms with van der Waals surface area (Å²) < 4.78 is 7.97. The van der Waals surface area contributed by atoms with Crippen LogP contribution in [0.5, 0.6) is 0 Å². The molecule has 0 spiro atoms. The van der Waals surface area contributed by atoms with Gasteiger partial charge in [0.05, 0.1) is 11.2 Å². The van der Waals surface area contributed by atoms with Gasteiger partial charge in [0.25, 0.3) is 5.91 Å². The van der Waals surface area contributed by atoms with Crippen LogP contribution in [0.3, 0.4) is 0 Å². The number of aryl methyl sites for hydroxylation is 1. The highest BCUT2D eigenvalue weighted by molar-refractivity contribution is 14.1. The number of carbonyl (C=O) groups excluding carboxylic acids is 2. The van der Waals surface area contributed by atoms with Gasteiger partial charge in [-0.05, 0) is 80.1 Å². The van der Waals surface area contributed by atoms with Crippen LogP contribution in [0.4, 0.5) is 10.5 Å². The number of hydrogen-bond acceptors (Lipinski definition) is 3. The number of fused-ring (bicyclic) bond motifs is 1. The molecule has 1 amide bonds. The molecule has 6 heteroatoms. The third-order valence-electron chi connectivity index (χ3n) is 4.22. The van der Waals surface area contributed by atoms with Gasteiger partial charge in [-0.1, -0.05) is 25.1 Å². The molecule has 0 saturated carbocycles. The number of nitrogens with zero attached hydrogens (tertiary/aromatic N) is 1. The quantitative estimate of drug-likeness (QED) is 0.469. The van der Waals surface area contributed by atoms with E-state index in [4.69, 9.17) is 4.74 Å². The number of benzene rings is 2. The molecule has 0 radical (unpaired) electrons. The lowest BCUT2D eigenvalue weighted by molar-refractivity contribution is 0.0635. The van der Waals surface area contributed by atoms with Gasteiger partial charge >= 0.3 is 6.09 Å². The third kappa shape index (κ3) is 4.22. The molecule has 1 heterocycles. The fraction of sp³-hybridized carbons (Fsp3) is 0.273. The van der Waals surface area contributed by atoms with Crippen LogP contribution in [0.1, 0.15) is 43.7 Å². The van der Waals surface area contributed by atoms with Crippen molar-refractivity contribution < 1.29 is 14.3 Å². The zero-order valence-electron chi connectivity index (χ0n) is 16.4. The molecule has 0 atom stereocenters. The van der Waals surface area contributed by atoms with E-state index in [1.807, 2.05) is 76.2 Å². The van der Waals surface area contributed by atoms with Crippen molar-refractivity contribution in [3.63, 3.8) is 0 Å². The van der Waals surface area contributed by atoms with Crippen molar-refractivity contribution >= 4 is 51.2 Å². The molecule has 0 fully saturated rings. The largest absolute Gasteiger partial charge is 0.444 e. The van der Waals surface area contributed by atoms with Gasteiger partial charge in [0.1, 0.15) is 5.60 Å². The Labute approximate surface area is 178 Å². The topological polar surface area (TPSA) is 60.3 Å². The zero-order valence-corrected chi connectivity index (χ0v) is 18.5. The second-order valence-electron chi connectivity index (χ2n) is 7.48. The number of halogens is 1. The SMILES string of the molecule is CCc1cc2c(I)c(NC(=O)OC(C)(C)C)ccc2n1C(=O)c1ccccc1. The molecule has 28 heavy (non-hydrogen) atoms. The maximum atomic E-state index is 13.1. The predicted octanol–water partition coefficient (Wildman–Crippen LogP) is 5.84. The van der Waals surface area contributed by atoms with E-state index >= 15 is 0 Å². The monoisotopic (exact) mass is 490 g/mol. The van der Waals surface area contributed by atoms with E-state index in [2.05, 4.69) is 27.9 Å². The van der Waals surface area contributed by atoms with Gasteiger partial charge in [-0.2, -0.15) is 0 Å². The van der Waals surface area contributed by atoms with E-state index in [0.717, 1.165) is 26.6 Å². The smallest absolute Gasteiger partial charge is 0.412 e. The Morgan fingerprint density at radius 3 is 2.39 bits per heavy atom. The molecule has 3 rings (SSSR count). The number of rotatable bonds is 3. The van der Waals surface area contributed by atoms with Crippen molar-refractivity contribution in [2.24, 2.45) is 0 Å². The van der Waals surface area contributed by atoms with Crippen LogP contribution >= 0.6 is 22.6 Å². The summed E-state index contributed by atoms with van der Waals surface area (Å²) in [6.07, 6.45) is 0.221. The maximum absolute atomic E-state index is 13.1. The number of hydrogen-bond donors (Lipinski definition) is 1. The molecule has 1 aromatic heterocycles. The molecule has 0 aliphatic carbocycles. The van der Waals surface area contributed by atoms with Crippen molar-refractivity contribution in [2.45, 2.75) is 39.7 Å². The predicted molar refractivity (Wildman–Crippen MR) is 120 cm³/mol. The molecule has 146 valence electrons. The number of anilines is 1. The molecule has 0 aliphatic rings. The van der Waals surface area contributed by atoms with E-state index in [0.29, 0.717) is 11.3 Å². The van der Waals surface area contributed by atoms with Crippen molar-refractivity contribution in [1.82, 2.24) is 4.57 Å². The summed E-state index contributed by atoms with van der Waals surface area (Å²) in [4.78, 5) is 25.2. The van der Waals surface area contributed by atoms with Crippen LogP contribution in [0.15, 0.2) is 48.5 Å². The lowest BCUT2D eigenvalue weighted by Crippen LogP contribution is -2.27. The second-order valence-corrected chi connectivity index (χ2v) is 8.56. The molecule has 2 aromatic carbocycles. The van der Waals surface area contributed by atoms with Crippen molar-refractivity contribution in [3.05, 3.63) is 63.4 Å². The Hall–Kier alpha value is -2.35. The minimum absolute atomic E-state index is 0.0592. The van der Waals surface area contributed by atoms with Gasteiger partial charge in [0.2, 0.25) is 0 Å². The van der Waals surface area contributed by atoms with E-state index in [1.54, 1.807) is 4.57 Å². The Bertz CT molecular complexity index is 1030. The molecule has 0 unspecified atom stereocenters. The van der Waals surface area contributed by atoms with Gasteiger partial charge in [0, 0.05) is 20.2 Å². The number of ether oxygens (including phenoxy) is 1. The van der Waals surface area contributed by atoms with Crippen LogP contribution < -0.4 is 5.32 Å². The summed E-state index contributed by atoms with van der Waals surface area (Å²) in [7, 11) is 0. The molecule has 1 N–H and O–H groups in total. The highest BCUT2D eigenvalue weighted by Crippen LogP contribution is 2.31. The summed E-state index contributed by atoms with van der Waals surface area (Å²) in [5, 5.41) is 3.73. The first kappa shape index (κ1) is 20.4. The molecule has 0 bridgehead atoms. The fourth-order valence-corrected chi connectivity index (χ4v) is 3.77. The first-order valence-corrected chi connectivity index (χ1v) is 10.2. The van der Waals surface area contributed by atoms with E-state index in [9.17, 15) is 9.59 Å². The van der Waals surface area contributed by atoms with Crippen LogP contribution in [-0.2, 0) is 11.2 Å². The summed E-state index contributed by atoms with van der Waals surface area (Å²) >= 11 is 2.20. The van der Waals surface area contributed by atoms with Crippen LogP contribution in [0.25, 0.3) is 10.9 Å². The van der Waals surface area contributed by atoms with Gasteiger partial charge in [-0.25, -0.2) is 4.79 Å². The Balaban J connectivity index is 2.03. The summed E-state index contributed by atoms with van der Waals surface area (Å²) in [5.41, 5.74) is 2.48. The average molecular weight is 490 g/mol. The molecule has 5 nitrogen and oxygen atoms in total. The van der Waals surface area contributed by atoms with Crippen molar-refractivity contribution in [1.29, 1.82) is 0 Å². The third-order valence-corrected chi connectivity index (χ3v) is 5.38. The highest BCUT2D eigenvalue weighted by atomic mass is 127. The average Bonchev–Trinajstić information content (AvgIpc) is 3.02. The summed E-state index contributed by atoms with van der Waals surface area (Å²) in [5.74, 6) is -0.0592. The van der Waals surface area contributed by atoms with Gasteiger partial charge in [0.15, 0.2) is 0 Å². The lowest BCUT2D eigenvalue weighted by atomic mass is 10.2. The minimum atomic E-state index is -0.569. The first-order valence-electron chi connectivity index (χ1n) is 9.14. The minimum Gasteiger partial charge on any atom is -0.444 e. The van der Waals surface area contributed by atoms with Crippen molar-refractivity contribution in [3.8, 4) is 0 Å². The number of aromatic nitrogens is 1. The Kier molecular flexibility index (Phi) is 5.79. The number of amides is 1. The summed E-state index contributed by atoms with van der Waals surface area (Å²) in [6.45, 7) is 7.49. The molecular formula is C22H23IN2O3. The van der Waals surface area contributed by atoms with Gasteiger partial charge < -0.3 is 4.74 Å². The van der Waals surface area contributed by atoms with Crippen LogP contribution in [0.2, 0.25) is 0 Å². The Morgan fingerprint density at radius 1 is 1.11 bits per heavy atom. The van der Waals surface area contributed by atoms with Gasteiger partial charge in [-0.3, -0.25) is 14.7 Å². The van der Waals surface area contributed by atoms with Crippen LogP contribution in [0, 0.1) is 3.57 Å². The van der Waals surface area contributed by atoms with Crippen molar-refractivity contribution in [2.75, 3.05) is 5.32 Å². The standard InChI is InChI=1S/C22H23IN2O3/c1-5-15-13-16-18(25(15)20(26)14-9-7-6-8-10-14)12-11-17(19(16)23)24-21(27)28-22(2,3)4/h6-13H,5H2,1-4H3,(H,24,27). The van der Waals surface area contributed by atoms with E-state index in [1.165, 1.54) is 0 Å². The first-order chi connectivity index (χ1) is 13.2. The lowest BCUT2D eigenvalue weighted by Gasteiger charge is -2.20. The fourth-order valence-electron chi connectivity index (χ4n) is 3.02. The second kappa shape index (κ2) is 7.95. The molecule has 3 aromatic rings. The Morgan fingerprint density at radius 2 is 1.79 bits per heavy atom. The van der Waals surface area contributed by atoms with E-state index < -0.39 is 11.7 Å². The van der Waals surface area contributed by atoms with Gasteiger partial charge in [-0.15, -0.1) is 0 Å². The summed E-state index contributed by atoms with van der Waals surface area (Å²) in [6, 6.07) is 14.9. The molecule has 0 saturated heterocycles. The maximum Gasteiger partial charge on any atom is 0.412 e. The normalized spacial score (nSPS) is 11.5. The highest BCUT2D eigenvalue weighted by Gasteiger charge is 2.21. The zero-order chi connectivity index (χ0) is 20.5. The molecular weight excluding hydrogens is 467 g/mol. The number of carbonyl (C=O) groups is 2. The number of nitrogens with one attached hydrogen (secondary N) is 1. The molecule has 0 aliphatic heterocycles. The van der Waals surface area contributed by atoms with Crippen LogP contribution in [-0.4, -0.2) is 22.2 Å².